The topological polar surface area (TPSA) is 73.1 Å². The van der Waals surface area contributed by atoms with Crippen LogP contribution < -0.4 is 15.8 Å². The van der Waals surface area contributed by atoms with E-state index in [0.717, 1.165) is 12.1 Å². The maximum absolute atomic E-state index is 5.96. The summed E-state index contributed by atoms with van der Waals surface area (Å²) in [5, 5.41) is 3.43. The number of rotatable bonds is 7. The molecular formula is C16H28N4O. The van der Waals surface area contributed by atoms with Gasteiger partial charge in [-0.05, 0) is 32.1 Å². The summed E-state index contributed by atoms with van der Waals surface area (Å²) < 4.78 is 5.61. The minimum absolute atomic E-state index is 0.256. The summed E-state index contributed by atoms with van der Waals surface area (Å²) in [5.41, 5.74) is 6.87. The third kappa shape index (κ3) is 4.84. The molecule has 21 heavy (non-hydrogen) atoms. The van der Waals surface area contributed by atoms with Gasteiger partial charge in [0.15, 0.2) is 0 Å². The van der Waals surface area contributed by atoms with E-state index in [4.69, 9.17) is 10.5 Å². The van der Waals surface area contributed by atoms with E-state index < -0.39 is 0 Å². The molecule has 1 aliphatic carbocycles. The van der Waals surface area contributed by atoms with E-state index in [2.05, 4.69) is 22.2 Å². The number of anilines is 1. The lowest BCUT2D eigenvalue weighted by molar-refractivity contribution is 0.303. The highest BCUT2D eigenvalue weighted by molar-refractivity contribution is 5.32. The predicted molar refractivity (Wildman–Crippen MR) is 85.6 cm³/mol. The summed E-state index contributed by atoms with van der Waals surface area (Å²) in [6, 6.07) is 2.13. The Kier molecular flexibility index (Phi) is 6.23. The highest BCUT2D eigenvalue weighted by Crippen LogP contribution is 2.27. The van der Waals surface area contributed by atoms with Crippen LogP contribution in [0, 0.1) is 12.8 Å². The van der Waals surface area contributed by atoms with Crippen molar-refractivity contribution in [2.75, 3.05) is 18.5 Å². The Bertz CT molecular complexity index is 432. The zero-order chi connectivity index (χ0) is 15.1. The number of nitrogens with zero attached hydrogens (tertiary/aromatic N) is 2. The van der Waals surface area contributed by atoms with Gasteiger partial charge in [0.25, 0.3) is 0 Å². The van der Waals surface area contributed by atoms with E-state index in [1.807, 2.05) is 13.0 Å². The highest BCUT2D eigenvalue weighted by atomic mass is 16.5. The molecule has 118 valence electrons. The second-order valence-corrected chi connectivity index (χ2v) is 5.90. The fraction of sp³-hybridized carbons (Fsp3) is 0.750. The summed E-state index contributed by atoms with van der Waals surface area (Å²) >= 11 is 0. The molecule has 1 saturated carbocycles. The van der Waals surface area contributed by atoms with Gasteiger partial charge in [-0.2, -0.15) is 4.98 Å². The molecule has 3 N–H and O–H groups in total. The van der Waals surface area contributed by atoms with Gasteiger partial charge in [0, 0.05) is 24.3 Å². The second kappa shape index (κ2) is 8.17. The van der Waals surface area contributed by atoms with Gasteiger partial charge in [-0.3, -0.25) is 0 Å². The van der Waals surface area contributed by atoms with Crippen LogP contribution in [0.5, 0.6) is 5.88 Å². The molecule has 5 nitrogen and oxygen atoms in total. The Labute approximate surface area is 127 Å². The van der Waals surface area contributed by atoms with Gasteiger partial charge in [0.1, 0.15) is 0 Å². The molecule has 0 aliphatic heterocycles. The van der Waals surface area contributed by atoms with Crippen molar-refractivity contribution in [1.82, 2.24) is 9.97 Å². The normalized spacial score (nSPS) is 17.5. The van der Waals surface area contributed by atoms with Crippen molar-refractivity contribution < 1.29 is 4.74 Å². The molecule has 2 rings (SSSR count). The first-order chi connectivity index (χ1) is 10.2. The van der Waals surface area contributed by atoms with Crippen molar-refractivity contribution in [3.63, 3.8) is 0 Å². The van der Waals surface area contributed by atoms with Crippen LogP contribution in [0.3, 0.4) is 0 Å². The van der Waals surface area contributed by atoms with Crippen LogP contribution in [-0.2, 0) is 0 Å². The lowest BCUT2D eigenvalue weighted by Crippen LogP contribution is -2.38. The summed E-state index contributed by atoms with van der Waals surface area (Å²) in [7, 11) is 0. The summed E-state index contributed by atoms with van der Waals surface area (Å²) in [4.78, 5) is 8.92. The van der Waals surface area contributed by atoms with Crippen LogP contribution in [0.4, 0.5) is 5.95 Å². The summed E-state index contributed by atoms with van der Waals surface area (Å²) in [6.07, 6.45) is 7.44. The zero-order valence-electron chi connectivity index (χ0n) is 13.3. The van der Waals surface area contributed by atoms with Crippen LogP contribution in [0.2, 0.25) is 0 Å². The molecule has 1 heterocycles. The Morgan fingerprint density at radius 1 is 1.33 bits per heavy atom. The largest absolute Gasteiger partial charge is 0.478 e. The lowest BCUT2D eigenvalue weighted by atomic mass is 9.84. The molecule has 1 fully saturated rings. The van der Waals surface area contributed by atoms with Gasteiger partial charge in [0.05, 0.1) is 6.61 Å². The fourth-order valence-electron chi connectivity index (χ4n) is 2.96. The number of ether oxygens (including phenoxy) is 1. The van der Waals surface area contributed by atoms with Crippen LogP contribution in [0.1, 0.15) is 51.1 Å². The molecule has 0 radical (unpaired) electrons. The molecule has 1 aromatic rings. The van der Waals surface area contributed by atoms with Gasteiger partial charge < -0.3 is 15.8 Å². The Morgan fingerprint density at radius 2 is 2.10 bits per heavy atom. The average Bonchev–Trinajstić information content (AvgIpc) is 2.51. The molecule has 0 aromatic carbocycles. The van der Waals surface area contributed by atoms with Crippen LogP contribution in [0.25, 0.3) is 0 Å². The molecule has 0 spiro atoms. The van der Waals surface area contributed by atoms with Gasteiger partial charge in [-0.25, -0.2) is 4.98 Å². The lowest BCUT2D eigenvalue weighted by Gasteiger charge is -2.30. The van der Waals surface area contributed by atoms with Crippen LogP contribution in [0.15, 0.2) is 6.07 Å². The Morgan fingerprint density at radius 3 is 2.76 bits per heavy atom. The smallest absolute Gasteiger partial charge is 0.226 e. The maximum Gasteiger partial charge on any atom is 0.226 e. The molecule has 0 saturated heterocycles. The molecule has 1 unspecified atom stereocenters. The second-order valence-electron chi connectivity index (χ2n) is 5.90. The molecule has 1 atom stereocenters. The van der Waals surface area contributed by atoms with Gasteiger partial charge in [-0.1, -0.05) is 26.2 Å². The molecule has 5 heteroatoms. The van der Waals surface area contributed by atoms with E-state index in [9.17, 15) is 0 Å². The predicted octanol–water partition coefficient (Wildman–Crippen LogP) is 2.89. The number of nitrogens with two attached hydrogens (primary N) is 1. The molecule has 1 aromatic heterocycles. The van der Waals surface area contributed by atoms with Crippen molar-refractivity contribution in [2.45, 2.75) is 58.4 Å². The minimum atomic E-state index is 0.256. The first kappa shape index (κ1) is 16.0. The van der Waals surface area contributed by atoms with Crippen molar-refractivity contribution >= 4 is 5.95 Å². The van der Waals surface area contributed by atoms with Gasteiger partial charge >= 0.3 is 0 Å². The first-order valence-electron chi connectivity index (χ1n) is 8.18. The fourth-order valence-corrected chi connectivity index (χ4v) is 2.96. The van der Waals surface area contributed by atoms with E-state index in [-0.39, 0.29) is 6.04 Å². The molecular weight excluding hydrogens is 264 g/mol. The van der Waals surface area contributed by atoms with E-state index in [0.29, 0.717) is 30.9 Å². The molecule has 0 bridgehead atoms. The number of hydrogen-bond acceptors (Lipinski definition) is 5. The monoisotopic (exact) mass is 292 g/mol. The quantitative estimate of drug-likeness (QED) is 0.808. The van der Waals surface area contributed by atoms with Crippen molar-refractivity contribution in [2.24, 2.45) is 11.7 Å². The minimum Gasteiger partial charge on any atom is -0.478 e. The van der Waals surface area contributed by atoms with Crippen molar-refractivity contribution in [3.8, 4) is 5.88 Å². The van der Waals surface area contributed by atoms with Crippen LogP contribution >= 0.6 is 0 Å². The third-order valence-corrected chi connectivity index (χ3v) is 4.07. The maximum atomic E-state index is 5.96. The average molecular weight is 292 g/mol. The number of hydrogen-bond donors (Lipinski definition) is 2. The van der Waals surface area contributed by atoms with Crippen molar-refractivity contribution in [1.29, 1.82) is 0 Å². The standard InChI is InChI=1S/C16H28N4O/c1-3-9-21-15-10-12(2)18-16(20-15)19-14(11-17)13-7-5-4-6-8-13/h10,13-14H,3-9,11,17H2,1-2H3,(H,18,19,20). The number of nitrogens with one attached hydrogen (secondary N) is 1. The Hall–Kier alpha value is -1.36. The molecule has 0 amide bonds. The van der Waals surface area contributed by atoms with E-state index in [1.54, 1.807) is 0 Å². The van der Waals surface area contributed by atoms with Crippen molar-refractivity contribution in [3.05, 3.63) is 11.8 Å². The van der Waals surface area contributed by atoms with E-state index >= 15 is 0 Å². The first-order valence-corrected chi connectivity index (χ1v) is 8.18. The Balaban J connectivity index is 2.03. The van der Waals surface area contributed by atoms with Gasteiger partial charge in [0.2, 0.25) is 11.8 Å². The van der Waals surface area contributed by atoms with Crippen LogP contribution in [-0.4, -0.2) is 29.2 Å². The van der Waals surface area contributed by atoms with Gasteiger partial charge in [-0.15, -0.1) is 0 Å². The SMILES string of the molecule is CCCOc1cc(C)nc(NC(CN)C2CCCCC2)n1. The van der Waals surface area contributed by atoms with E-state index in [1.165, 1.54) is 32.1 Å². The number of aryl methyl sites for hydroxylation is 1. The summed E-state index contributed by atoms with van der Waals surface area (Å²) in [5.74, 6) is 1.92. The number of aromatic nitrogens is 2. The zero-order valence-corrected chi connectivity index (χ0v) is 13.3. The third-order valence-electron chi connectivity index (χ3n) is 4.07. The highest BCUT2D eigenvalue weighted by Gasteiger charge is 2.23. The molecule has 1 aliphatic rings. The summed E-state index contributed by atoms with van der Waals surface area (Å²) in [6.45, 7) is 5.34.